The van der Waals surface area contributed by atoms with Crippen LogP contribution in [0.4, 0.5) is 22.0 Å². The van der Waals surface area contributed by atoms with Gasteiger partial charge in [0, 0.05) is 32.2 Å². The second kappa shape index (κ2) is 6.70. The van der Waals surface area contributed by atoms with Gasteiger partial charge in [-0.2, -0.15) is 13.2 Å². The van der Waals surface area contributed by atoms with Crippen molar-refractivity contribution < 1.29 is 22.0 Å². The Labute approximate surface area is 119 Å². The Morgan fingerprint density at radius 2 is 1.86 bits per heavy atom. The van der Waals surface area contributed by atoms with E-state index in [9.17, 15) is 22.0 Å². The third-order valence-corrected chi connectivity index (χ3v) is 3.65. The van der Waals surface area contributed by atoms with Crippen LogP contribution in [0.3, 0.4) is 0 Å². The van der Waals surface area contributed by atoms with Crippen molar-refractivity contribution >= 4 is 0 Å². The lowest BCUT2D eigenvalue weighted by molar-refractivity contribution is -0.139. The van der Waals surface area contributed by atoms with Crippen LogP contribution in [0, 0.1) is 5.82 Å². The molecule has 7 heteroatoms. The van der Waals surface area contributed by atoms with Gasteiger partial charge in [-0.25, -0.2) is 4.39 Å². The highest BCUT2D eigenvalue weighted by atomic mass is 19.4. The molecule has 0 aliphatic carbocycles. The molecular weight excluding hydrogens is 291 g/mol. The van der Waals surface area contributed by atoms with E-state index in [0.29, 0.717) is 32.2 Å². The minimum atomic E-state index is -4.65. The summed E-state index contributed by atoms with van der Waals surface area (Å²) in [6.07, 6.45) is -4.69. The molecule has 1 aliphatic heterocycles. The van der Waals surface area contributed by atoms with Crippen molar-refractivity contribution in [3.8, 4) is 0 Å². The summed E-state index contributed by atoms with van der Waals surface area (Å²) in [5, 5.41) is 3.10. The summed E-state index contributed by atoms with van der Waals surface area (Å²) in [5.74, 6) is -0.939. The van der Waals surface area contributed by atoms with Crippen LogP contribution in [0.15, 0.2) is 18.2 Å². The van der Waals surface area contributed by atoms with Crippen molar-refractivity contribution in [3.05, 3.63) is 35.1 Å². The fourth-order valence-electron chi connectivity index (χ4n) is 2.70. The summed E-state index contributed by atoms with van der Waals surface area (Å²) in [6.45, 7) is 1.65. The Bertz CT molecular complexity index is 469. The highest BCUT2D eigenvalue weighted by Crippen LogP contribution is 2.38. The molecule has 1 fully saturated rings. The van der Waals surface area contributed by atoms with E-state index in [-0.39, 0.29) is 12.0 Å². The van der Waals surface area contributed by atoms with Gasteiger partial charge in [-0.3, -0.25) is 9.29 Å². The summed E-state index contributed by atoms with van der Waals surface area (Å²) in [5.41, 5.74) is -1.07. The first kappa shape index (κ1) is 16.2. The zero-order valence-electron chi connectivity index (χ0n) is 11.4. The van der Waals surface area contributed by atoms with Gasteiger partial charge < -0.3 is 5.32 Å². The molecule has 1 heterocycles. The Morgan fingerprint density at radius 1 is 1.19 bits per heavy atom. The van der Waals surface area contributed by atoms with Gasteiger partial charge >= 0.3 is 6.18 Å². The second-order valence-corrected chi connectivity index (χ2v) is 5.01. The fourth-order valence-corrected chi connectivity index (χ4v) is 2.70. The van der Waals surface area contributed by atoms with Gasteiger partial charge in [0.25, 0.3) is 0 Å². The third-order valence-electron chi connectivity index (χ3n) is 3.65. The van der Waals surface area contributed by atoms with Crippen molar-refractivity contribution in [1.29, 1.82) is 0 Å². The van der Waals surface area contributed by atoms with Crippen LogP contribution in [0.5, 0.6) is 0 Å². The first-order valence-corrected chi connectivity index (χ1v) is 6.81. The number of rotatable bonds is 4. The van der Waals surface area contributed by atoms with E-state index < -0.39 is 30.3 Å². The maximum Gasteiger partial charge on any atom is 0.416 e. The fraction of sp³-hybridized carbons (Fsp3) is 0.571. The zero-order chi connectivity index (χ0) is 15.5. The van der Waals surface area contributed by atoms with E-state index in [1.807, 2.05) is 4.90 Å². The van der Waals surface area contributed by atoms with Gasteiger partial charge in [0.15, 0.2) is 0 Å². The Balaban J connectivity index is 2.39. The highest BCUT2D eigenvalue weighted by Gasteiger charge is 2.37. The molecule has 0 bridgehead atoms. The van der Waals surface area contributed by atoms with E-state index >= 15 is 0 Å². The summed E-state index contributed by atoms with van der Waals surface area (Å²) in [7, 11) is 0. The molecule has 0 unspecified atom stereocenters. The predicted molar refractivity (Wildman–Crippen MR) is 69.2 cm³/mol. The van der Waals surface area contributed by atoms with Gasteiger partial charge in [-0.1, -0.05) is 6.07 Å². The van der Waals surface area contributed by atoms with Crippen molar-refractivity contribution in [2.24, 2.45) is 0 Å². The molecule has 0 aromatic heterocycles. The number of hydrogen-bond acceptors (Lipinski definition) is 2. The lowest BCUT2D eigenvalue weighted by atomic mass is 9.95. The number of nitrogens with zero attached hydrogens (tertiary/aromatic N) is 1. The van der Waals surface area contributed by atoms with Gasteiger partial charge in [-0.15, -0.1) is 0 Å². The van der Waals surface area contributed by atoms with Crippen LogP contribution in [-0.4, -0.2) is 37.8 Å². The Morgan fingerprint density at radius 3 is 2.43 bits per heavy atom. The molecule has 0 amide bonds. The SMILES string of the molecule is FCC[C@@H](c1ccc(F)cc1C(F)(F)F)N1CCNCC1. The number of halogens is 5. The van der Waals surface area contributed by atoms with Crippen LogP contribution < -0.4 is 5.32 Å². The standard InChI is InChI=1S/C14H17F5N2/c15-4-3-13(21-7-5-20-6-8-21)11-2-1-10(16)9-12(11)14(17,18)19/h1-2,9,13,20H,3-8H2/t13-/m0/s1. The molecule has 1 aromatic rings. The molecule has 1 N–H and O–H groups in total. The predicted octanol–water partition coefficient (Wildman–Crippen LogP) is 3.15. The smallest absolute Gasteiger partial charge is 0.314 e. The monoisotopic (exact) mass is 308 g/mol. The molecule has 1 aliphatic rings. The van der Waals surface area contributed by atoms with Gasteiger partial charge in [0.1, 0.15) is 5.82 Å². The zero-order valence-corrected chi connectivity index (χ0v) is 11.4. The molecule has 1 saturated heterocycles. The van der Waals surface area contributed by atoms with Crippen molar-refractivity contribution in [2.45, 2.75) is 18.6 Å². The van der Waals surface area contributed by atoms with Crippen molar-refractivity contribution in [1.82, 2.24) is 10.2 Å². The van der Waals surface area contributed by atoms with Gasteiger partial charge in [0.05, 0.1) is 12.2 Å². The molecule has 0 saturated carbocycles. The van der Waals surface area contributed by atoms with E-state index in [2.05, 4.69) is 5.32 Å². The highest BCUT2D eigenvalue weighted by molar-refractivity contribution is 5.33. The average molecular weight is 308 g/mol. The lowest BCUT2D eigenvalue weighted by Crippen LogP contribution is -2.45. The quantitative estimate of drug-likeness (QED) is 0.860. The topological polar surface area (TPSA) is 15.3 Å². The Hall–Kier alpha value is -1.21. The second-order valence-electron chi connectivity index (χ2n) is 5.01. The normalized spacial score (nSPS) is 18.7. The maximum atomic E-state index is 13.2. The molecule has 21 heavy (non-hydrogen) atoms. The van der Waals surface area contributed by atoms with E-state index in [1.54, 1.807) is 0 Å². The first-order valence-electron chi connectivity index (χ1n) is 6.81. The summed E-state index contributed by atoms with van der Waals surface area (Å²) < 4.78 is 65.3. The first-order chi connectivity index (χ1) is 9.93. The Kier molecular flexibility index (Phi) is 5.16. The molecular formula is C14H17F5N2. The van der Waals surface area contributed by atoms with E-state index in [0.717, 1.165) is 12.1 Å². The summed E-state index contributed by atoms with van der Waals surface area (Å²) >= 11 is 0. The lowest BCUT2D eigenvalue weighted by Gasteiger charge is -2.36. The molecule has 118 valence electrons. The molecule has 0 radical (unpaired) electrons. The van der Waals surface area contributed by atoms with E-state index in [4.69, 9.17) is 0 Å². The molecule has 1 atom stereocenters. The van der Waals surface area contributed by atoms with Crippen LogP contribution in [0.25, 0.3) is 0 Å². The number of piperazine rings is 1. The summed E-state index contributed by atoms with van der Waals surface area (Å²) in [4.78, 5) is 1.82. The van der Waals surface area contributed by atoms with E-state index in [1.165, 1.54) is 0 Å². The largest absolute Gasteiger partial charge is 0.416 e. The van der Waals surface area contributed by atoms with Crippen LogP contribution in [0.2, 0.25) is 0 Å². The number of nitrogens with one attached hydrogen (secondary N) is 1. The van der Waals surface area contributed by atoms with Crippen molar-refractivity contribution in [3.63, 3.8) is 0 Å². The summed E-state index contributed by atoms with van der Waals surface area (Å²) in [6, 6.07) is 1.93. The van der Waals surface area contributed by atoms with Crippen molar-refractivity contribution in [2.75, 3.05) is 32.9 Å². The minimum Gasteiger partial charge on any atom is -0.314 e. The van der Waals surface area contributed by atoms with Gasteiger partial charge in [0.2, 0.25) is 0 Å². The van der Waals surface area contributed by atoms with Crippen LogP contribution in [-0.2, 0) is 6.18 Å². The number of hydrogen-bond donors (Lipinski definition) is 1. The maximum absolute atomic E-state index is 13.2. The minimum absolute atomic E-state index is 0.0330. The average Bonchev–Trinajstić information content (AvgIpc) is 2.45. The molecule has 0 spiro atoms. The van der Waals surface area contributed by atoms with Crippen LogP contribution in [0.1, 0.15) is 23.6 Å². The number of benzene rings is 1. The van der Waals surface area contributed by atoms with Gasteiger partial charge in [-0.05, 0) is 24.1 Å². The number of alkyl halides is 4. The molecule has 1 aromatic carbocycles. The third kappa shape index (κ3) is 3.91. The molecule has 2 rings (SSSR count). The molecule has 2 nitrogen and oxygen atoms in total. The van der Waals surface area contributed by atoms with Crippen LogP contribution >= 0.6 is 0 Å².